The van der Waals surface area contributed by atoms with Gasteiger partial charge in [-0.1, -0.05) is 31.4 Å². The number of aromatic nitrogens is 2. The molecule has 1 fully saturated rings. The van der Waals surface area contributed by atoms with Crippen LogP contribution in [0.4, 0.5) is 0 Å². The highest BCUT2D eigenvalue weighted by Crippen LogP contribution is 2.28. The molecule has 0 saturated heterocycles. The number of hydrogen-bond acceptors (Lipinski definition) is 2. The lowest BCUT2D eigenvalue weighted by atomic mass is 10.0. The zero-order chi connectivity index (χ0) is 13.3. The molecular formula is C13H19ClN2O2. The minimum atomic E-state index is -0.379. The van der Waals surface area contributed by atoms with Crippen molar-refractivity contribution in [1.82, 2.24) is 9.55 Å². The fourth-order valence-corrected chi connectivity index (χ4v) is 2.83. The van der Waals surface area contributed by atoms with E-state index in [1.54, 1.807) is 6.92 Å². The van der Waals surface area contributed by atoms with Gasteiger partial charge in [0.1, 0.15) is 5.15 Å². The maximum Gasteiger partial charge on any atom is 0.329 e. The van der Waals surface area contributed by atoms with Crippen LogP contribution in [0.5, 0.6) is 0 Å². The van der Waals surface area contributed by atoms with Crippen LogP contribution in [-0.4, -0.2) is 9.55 Å². The molecule has 0 radical (unpaired) electrons. The van der Waals surface area contributed by atoms with Gasteiger partial charge in [0.25, 0.3) is 5.56 Å². The summed E-state index contributed by atoms with van der Waals surface area (Å²) in [6.07, 6.45) is 5.10. The summed E-state index contributed by atoms with van der Waals surface area (Å²) >= 11 is 5.82. The van der Waals surface area contributed by atoms with E-state index in [1.165, 1.54) is 11.0 Å². The van der Waals surface area contributed by atoms with Crippen molar-refractivity contribution in [3.05, 3.63) is 31.6 Å². The van der Waals surface area contributed by atoms with Crippen molar-refractivity contribution in [3.8, 4) is 0 Å². The van der Waals surface area contributed by atoms with E-state index in [1.807, 2.05) is 0 Å². The fourth-order valence-electron chi connectivity index (χ4n) is 2.67. The quantitative estimate of drug-likeness (QED) is 0.630. The van der Waals surface area contributed by atoms with Gasteiger partial charge < -0.3 is 0 Å². The number of nitrogens with zero attached hydrogens (tertiary/aromatic N) is 1. The molecule has 1 N–H and O–H groups in total. The van der Waals surface area contributed by atoms with Crippen molar-refractivity contribution in [1.29, 1.82) is 0 Å². The Morgan fingerprint density at radius 2 is 1.94 bits per heavy atom. The van der Waals surface area contributed by atoms with Crippen LogP contribution in [0.3, 0.4) is 0 Å². The van der Waals surface area contributed by atoms with Crippen LogP contribution >= 0.6 is 11.6 Å². The first-order valence-corrected chi connectivity index (χ1v) is 6.89. The number of rotatable bonds is 1. The summed E-state index contributed by atoms with van der Waals surface area (Å²) in [6, 6.07) is 0.0159. The summed E-state index contributed by atoms with van der Waals surface area (Å²) < 4.78 is 1.36. The SMILES string of the molecule is Cc1c(Cl)[nH]c(=O)n(C2CCCC(C)CC2)c1=O. The van der Waals surface area contributed by atoms with Crippen molar-refractivity contribution < 1.29 is 0 Å². The summed E-state index contributed by atoms with van der Waals surface area (Å²) in [6.45, 7) is 3.87. The molecule has 0 bridgehead atoms. The normalized spacial score (nSPS) is 24.8. The van der Waals surface area contributed by atoms with Gasteiger partial charge in [-0.25, -0.2) is 4.79 Å². The summed E-state index contributed by atoms with van der Waals surface area (Å²) in [4.78, 5) is 26.6. The van der Waals surface area contributed by atoms with Crippen LogP contribution in [0.15, 0.2) is 9.59 Å². The first-order valence-electron chi connectivity index (χ1n) is 6.51. The van der Waals surface area contributed by atoms with Crippen molar-refractivity contribution >= 4 is 11.6 Å². The summed E-state index contributed by atoms with van der Waals surface area (Å²) in [7, 11) is 0. The summed E-state index contributed by atoms with van der Waals surface area (Å²) in [5.41, 5.74) is -0.202. The van der Waals surface area contributed by atoms with Crippen LogP contribution in [0.25, 0.3) is 0 Å². The van der Waals surface area contributed by atoms with E-state index in [0.29, 0.717) is 11.5 Å². The zero-order valence-electron chi connectivity index (χ0n) is 10.8. The van der Waals surface area contributed by atoms with Gasteiger partial charge in [-0.3, -0.25) is 14.3 Å². The topological polar surface area (TPSA) is 54.9 Å². The predicted molar refractivity (Wildman–Crippen MR) is 72.4 cm³/mol. The van der Waals surface area contributed by atoms with Gasteiger partial charge in [0.15, 0.2) is 0 Å². The molecule has 18 heavy (non-hydrogen) atoms. The van der Waals surface area contributed by atoms with Gasteiger partial charge >= 0.3 is 5.69 Å². The van der Waals surface area contributed by atoms with E-state index in [4.69, 9.17) is 11.6 Å². The van der Waals surface area contributed by atoms with Gasteiger partial charge in [0.05, 0.1) is 0 Å². The van der Waals surface area contributed by atoms with Gasteiger partial charge in [-0.2, -0.15) is 0 Å². The first-order chi connectivity index (χ1) is 8.50. The van der Waals surface area contributed by atoms with Crippen molar-refractivity contribution in [3.63, 3.8) is 0 Å². The number of halogens is 1. The number of hydrogen-bond donors (Lipinski definition) is 1. The third-order valence-electron chi connectivity index (χ3n) is 3.90. The van der Waals surface area contributed by atoms with Crippen molar-refractivity contribution in [2.75, 3.05) is 0 Å². The van der Waals surface area contributed by atoms with Gasteiger partial charge in [0, 0.05) is 11.6 Å². The Bertz CT molecular complexity index is 547. The molecule has 1 aromatic heterocycles. The lowest BCUT2D eigenvalue weighted by Gasteiger charge is -2.17. The Labute approximate surface area is 111 Å². The minimum absolute atomic E-state index is 0.0159. The largest absolute Gasteiger partial charge is 0.329 e. The molecule has 2 unspecified atom stereocenters. The molecule has 1 saturated carbocycles. The maximum absolute atomic E-state index is 12.2. The smallest absolute Gasteiger partial charge is 0.297 e. The maximum atomic E-state index is 12.2. The molecule has 0 aromatic carbocycles. The minimum Gasteiger partial charge on any atom is -0.297 e. The van der Waals surface area contributed by atoms with Gasteiger partial charge in [-0.05, 0) is 32.1 Å². The molecular weight excluding hydrogens is 252 g/mol. The Hall–Kier alpha value is -1.03. The summed E-state index contributed by atoms with van der Waals surface area (Å²) in [5, 5.41) is 0.156. The van der Waals surface area contributed by atoms with E-state index in [9.17, 15) is 9.59 Å². The highest BCUT2D eigenvalue weighted by Gasteiger charge is 2.21. The van der Waals surface area contributed by atoms with Crippen LogP contribution < -0.4 is 11.2 Å². The third kappa shape index (κ3) is 2.53. The monoisotopic (exact) mass is 270 g/mol. The van der Waals surface area contributed by atoms with Crippen LogP contribution in [0, 0.1) is 12.8 Å². The van der Waals surface area contributed by atoms with Crippen LogP contribution in [0.2, 0.25) is 5.15 Å². The molecule has 0 amide bonds. The Morgan fingerprint density at radius 1 is 1.22 bits per heavy atom. The number of aromatic amines is 1. The molecule has 1 aliphatic rings. The van der Waals surface area contributed by atoms with E-state index < -0.39 is 0 Å². The second-order valence-corrected chi connectivity index (χ2v) is 5.69. The Balaban J connectivity index is 2.42. The predicted octanol–water partition coefficient (Wildman–Crippen LogP) is 2.64. The second-order valence-electron chi connectivity index (χ2n) is 5.31. The lowest BCUT2D eigenvalue weighted by molar-refractivity contribution is 0.406. The van der Waals surface area contributed by atoms with E-state index in [-0.39, 0.29) is 22.4 Å². The first kappa shape index (κ1) is 13.4. The molecule has 0 spiro atoms. The molecule has 1 heterocycles. The molecule has 4 nitrogen and oxygen atoms in total. The highest BCUT2D eigenvalue weighted by molar-refractivity contribution is 6.30. The third-order valence-corrected chi connectivity index (χ3v) is 4.27. The van der Waals surface area contributed by atoms with E-state index in [0.717, 1.165) is 25.7 Å². The fraction of sp³-hybridized carbons (Fsp3) is 0.692. The highest BCUT2D eigenvalue weighted by atomic mass is 35.5. The lowest BCUT2D eigenvalue weighted by Crippen LogP contribution is -2.39. The second kappa shape index (κ2) is 5.31. The molecule has 0 aliphatic heterocycles. The van der Waals surface area contributed by atoms with Gasteiger partial charge in [-0.15, -0.1) is 0 Å². The van der Waals surface area contributed by atoms with Crippen LogP contribution in [-0.2, 0) is 0 Å². The standard InChI is InChI=1S/C13H19ClN2O2/c1-8-4-3-5-10(7-6-8)16-12(17)9(2)11(14)15-13(16)18/h8,10H,3-7H2,1-2H3,(H,15,18). The zero-order valence-corrected chi connectivity index (χ0v) is 11.6. The van der Waals surface area contributed by atoms with Crippen LogP contribution in [0.1, 0.15) is 50.6 Å². The van der Waals surface area contributed by atoms with Crippen molar-refractivity contribution in [2.45, 2.75) is 52.0 Å². The molecule has 2 rings (SSSR count). The average Bonchev–Trinajstić information content (AvgIpc) is 2.52. The van der Waals surface area contributed by atoms with E-state index in [2.05, 4.69) is 11.9 Å². The molecule has 5 heteroatoms. The number of H-pyrrole nitrogens is 1. The van der Waals surface area contributed by atoms with Crippen molar-refractivity contribution in [2.24, 2.45) is 5.92 Å². The molecule has 100 valence electrons. The summed E-state index contributed by atoms with van der Waals surface area (Å²) in [5.74, 6) is 0.679. The average molecular weight is 271 g/mol. The Morgan fingerprint density at radius 3 is 2.67 bits per heavy atom. The Kier molecular flexibility index (Phi) is 3.95. The molecule has 2 atom stereocenters. The van der Waals surface area contributed by atoms with E-state index >= 15 is 0 Å². The molecule has 1 aliphatic carbocycles. The number of nitrogens with one attached hydrogen (secondary N) is 1. The van der Waals surface area contributed by atoms with Gasteiger partial charge in [0.2, 0.25) is 0 Å². The molecule has 1 aromatic rings.